The molecule has 0 unspecified atom stereocenters. The highest BCUT2D eigenvalue weighted by Crippen LogP contribution is 2.21. The van der Waals surface area contributed by atoms with Gasteiger partial charge in [-0.05, 0) is 12.1 Å². The lowest BCUT2D eigenvalue weighted by Gasteiger charge is -2.04. The Hall–Kier alpha value is -1.71. The summed E-state index contributed by atoms with van der Waals surface area (Å²) in [5.41, 5.74) is 0.637. The average Bonchev–Trinajstić information content (AvgIpc) is 2.59. The molecule has 15 heavy (non-hydrogen) atoms. The van der Waals surface area contributed by atoms with Gasteiger partial charge in [-0.15, -0.1) is 0 Å². The Labute approximate surface area is 85.1 Å². The maximum atomic E-state index is 12.3. The highest BCUT2D eigenvalue weighted by molar-refractivity contribution is 6.08. The predicted octanol–water partition coefficient (Wildman–Crippen LogP) is 2.63. The van der Waals surface area contributed by atoms with E-state index in [4.69, 9.17) is 0 Å². The highest BCUT2D eigenvalue weighted by Gasteiger charge is 2.20. The fourth-order valence-corrected chi connectivity index (χ4v) is 1.67. The van der Waals surface area contributed by atoms with Crippen molar-refractivity contribution in [2.24, 2.45) is 7.05 Å². The third-order valence-electron chi connectivity index (χ3n) is 2.36. The van der Waals surface area contributed by atoms with Crippen LogP contribution in [0.3, 0.4) is 0 Å². The predicted molar refractivity (Wildman–Crippen MR) is 53.3 cm³/mol. The number of para-hydroxylation sites is 1. The Bertz CT molecular complexity index is 516. The normalized spacial score (nSPS) is 11.2. The van der Waals surface area contributed by atoms with Gasteiger partial charge in [0.2, 0.25) is 5.78 Å². The number of carbonyl (C=O) groups excluding carboxylic acids is 1. The molecule has 0 N–H and O–H groups in total. The first-order valence-electron chi connectivity index (χ1n) is 4.47. The molecule has 0 bridgehead atoms. The molecule has 0 aliphatic heterocycles. The zero-order chi connectivity index (χ0) is 11.0. The number of halogens is 2. The van der Waals surface area contributed by atoms with Crippen molar-refractivity contribution in [1.29, 1.82) is 0 Å². The fourth-order valence-electron chi connectivity index (χ4n) is 1.67. The molecular formula is C11H9F2NO. The molecule has 1 aromatic heterocycles. The van der Waals surface area contributed by atoms with Crippen LogP contribution in [0.5, 0.6) is 0 Å². The second kappa shape index (κ2) is 3.46. The van der Waals surface area contributed by atoms with Gasteiger partial charge in [-0.1, -0.05) is 12.1 Å². The van der Waals surface area contributed by atoms with Crippen LogP contribution in [0.15, 0.2) is 30.5 Å². The summed E-state index contributed by atoms with van der Waals surface area (Å²) in [6.07, 6.45) is -1.21. The molecule has 0 fully saturated rings. The zero-order valence-corrected chi connectivity index (χ0v) is 8.08. The lowest BCUT2D eigenvalue weighted by molar-refractivity contribution is 0.0680. The Kier molecular flexibility index (Phi) is 2.26. The molecule has 2 rings (SSSR count). The number of Topliss-reactive ketones (excluding diaryl/α,β-unsaturated/α-hetero) is 1. The van der Waals surface area contributed by atoms with Crippen molar-refractivity contribution < 1.29 is 13.6 Å². The largest absolute Gasteiger partial charge is 0.350 e. The summed E-state index contributed by atoms with van der Waals surface area (Å²) in [7, 11) is 1.73. The van der Waals surface area contributed by atoms with Crippen molar-refractivity contribution in [1.82, 2.24) is 4.57 Å². The van der Waals surface area contributed by atoms with Gasteiger partial charge in [0.15, 0.2) is 0 Å². The van der Waals surface area contributed by atoms with Crippen molar-refractivity contribution >= 4 is 16.7 Å². The Morgan fingerprint density at radius 3 is 2.73 bits per heavy atom. The molecule has 0 aliphatic rings. The maximum Gasteiger partial charge on any atom is 0.300 e. The molecule has 0 atom stereocenters. The number of benzene rings is 1. The number of ketones is 1. The van der Waals surface area contributed by atoms with Crippen molar-refractivity contribution in [2.45, 2.75) is 6.43 Å². The van der Waals surface area contributed by atoms with Crippen LogP contribution >= 0.6 is 0 Å². The first kappa shape index (κ1) is 9.83. The smallest absolute Gasteiger partial charge is 0.300 e. The second-order valence-corrected chi connectivity index (χ2v) is 3.33. The molecule has 0 saturated heterocycles. The van der Waals surface area contributed by atoms with E-state index < -0.39 is 12.2 Å². The minimum Gasteiger partial charge on any atom is -0.350 e. The highest BCUT2D eigenvalue weighted by atomic mass is 19.3. The third-order valence-corrected chi connectivity index (χ3v) is 2.36. The van der Waals surface area contributed by atoms with Gasteiger partial charge in [-0.2, -0.15) is 0 Å². The number of alkyl halides is 2. The summed E-state index contributed by atoms with van der Waals surface area (Å²) in [4.78, 5) is 11.2. The van der Waals surface area contributed by atoms with Crippen LogP contribution in [0.25, 0.3) is 10.9 Å². The quantitative estimate of drug-likeness (QED) is 0.697. The SMILES string of the molecule is Cn1ccc2cccc(C(=O)C(F)F)c21. The van der Waals surface area contributed by atoms with Gasteiger partial charge in [-0.3, -0.25) is 4.79 Å². The molecule has 0 radical (unpaired) electrons. The molecule has 0 amide bonds. The summed E-state index contributed by atoms with van der Waals surface area (Å²) in [5.74, 6) is -1.12. The summed E-state index contributed by atoms with van der Waals surface area (Å²) >= 11 is 0. The molecular weight excluding hydrogens is 200 g/mol. The molecule has 1 aromatic carbocycles. The maximum absolute atomic E-state index is 12.3. The minimum absolute atomic E-state index is 0.0787. The van der Waals surface area contributed by atoms with Gasteiger partial charge >= 0.3 is 6.43 Å². The van der Waals surface area contributed by atoms with Crippen LogP contribution < -0.4 is 0 Å². The van der Waals surface area contributed by atoms with Crippen LogP contribution in [0, 0.1) is 0 Å². The number of fused-ring (bicyclic) bond motifs is 1. The first-order chi connectivity index (χ1) is 7.11. The monoisotopic (exact) mass is 209 g/mol. The number of rotatable bonds is 2. The van der Waals surface area contributed by atoms with E-state index >= 15 is 0 Å². The van der Waals surface area contributed by atoms with Crippen molar-refractivity contribution in [3.63, 3.8) is 0 Å². The molecule has 2 nitrogen and oxygen atoms in total. The van der Waals surface area contributed by atoms with E-state index in [1.165, 1.54) is 6.07 Å². The number of nitrogens with zero attached hydrogens (tertiary/aromatic N) is 1. The number of hydrogen-bond acceptors (Lipinski definition) is 1. The third kappa shape index (κ3) is 1.52. The van der Waals surface area contributed by atoms with E-state index in [0.717, 1.165) is 5.39 Å². The summed E-state index contributed by atoms with van der Waals surface area (Å²) in [6, 6.07) is 6.62. The lowest BCUT2D eigenvalue weighted by atomic mass is 10.1. The fraction of sp³-hybridized carbons (Fsp3) is 0.182. The Morgan fingerprint density at radius 1 is 1.33 bits per heavy atom. The van der Waals surface area contributed by atoms with Crippen LogP contribution in [0.1, 0.15) is 10.4 Å². The molecule has 2 aromatic rings. The topological polar surface area (TPSA) is 22.0 Å². The van der Waals surface area contributed by atoms with Gasteiger partial charge in [0.25, 0.3) is 0 Å². The van der Waals surface area contributed by atoms with E-state index in [9.17, 15) is 13.6 Å². The van der Waals surface area contributed by atoms with Crippen molar-refractivity contribution in [3.05, 3.63) is 36.0 Å². The van der Waals surface area contributed by atoms with Gasteiger partial charge in [0, 0.05) is 24.2 Å². The molecule has 4 heteroatoms. The Morgan fingerprint density at radius 2 is 2.07 bits per heavy atom. The van der Waals surface area contributed by atoms with E-state index in [1.807, 2.05) is 0 Å². The van der Waals surface area contributed by atoms with Gasteiger partial charge in [0.05, 0.1) is 5.52 Å². The number of carbonyl (C=O) groups is 1. The number of aromatic nitrogens is 1. The van der Waals surface area contributed by atoms with Crippen LogP contribution in [0.4, 0.5) is 8.78 Å². The van der Waals surface area contributed by atoms with Crippen LogP contribution in [0.2, 0.25) is 0 Å². The summed E-state index contributed by atoms with van der Waals surface area (Å²) < 4.78 is 26.3. The van der Waals surface area contributed by atoms with Gasteiger partial charge in [0.1, 0.15) is 0 Å². The lowest BCUT2D eigenvalue weighted by Crippen LogP contribution is -2.11. The van der Waals surface area contributed by atoms with Crippen LogP contribution in [-0.2, 0) is 7.05 Å². The standard InChI is InChI=1S/C11H9F2NO/c1-14-6-5-7-3-2-4-8(9(7)14)10(15)11(12)13/h2-6,11H,1H3. The van der Waals surface area contributed by atoms with Crippen molar-refractivity contribution in [3.8, 4) is 0 Å². The van der Waals surface area contributed by atoms with E-state index in [2.05, 4.69) is 0 Å². The second-order valence-electron chi connectivity index (χ2n) is 3.33. The average molecular weight is 209 g/mol. The number of hydrogen-bond donors (Lipinski definition) is 0. The molecule has 0 aliphatic carbocycles. The number of aryl methyl sites for hydroxylation is 1. The van der Waals surface area contributed by atoms with E-state index in [0.29, 0.717) is 5.52 Å². The first-order valence-corrected chi connectivity index (χ1v) is 4.47. The van der Waals surface area contributed by atoms with E-state index in [1.54, 1.807) is 36.0 Å². The van der Waals surface area contributed by atoms with Crippen molar-refractivity contribution in [2.75, 3.05) is 0 Å². The molecule has 0 spiro atoms. The minimum atomic E-state index is -2.95. The zero-order valence-electron chi connectivity index (χ0n) is 8.08. The Balaban J connectivity index is 2.70. The van der Waals surface area contributed by atoms with Gasteiger partial charge < -0.3 is 4.57 Å². The summed E-state index contributed by atoms with van der Waals surface area (Å²) in [6.45, 7) is 0. The molecule has 78 valence electrons. The molecule has 0 saturated carbocycles. The van der Waals surface area contributed by atoms with Gasteiger partial charge in [-0.25, -0.2) is 8.78 Å². The summed E-state index contributed by atoms with van der Waals surface area (Å²) in [5, 5.41) is 0.795. The molecule has 1 heterocycles. The van der Waals surface area contributed by atoms with E-state index in [-0.39, 0.29) is 5.56 Å². The van der Waals surface area contributed by atoms with Crippen LogP contribution in [-0.4, -0.2) is 16.8 Å².